The summed E-state index contributed by atoms with van der Waals surface area (Å²) in [6.07, 6.45) is 1.90. The van der Waals surface area contributed by atoms with Crippen LogP contribution in [-0.4, -0.2) is 11.7 Å². The summed E-state index contributed by atoms with van der Waals surface area (Å²) in [7, 11) is 0. The third-order valence-electron chi connectivity index (χ3n) is 3.62. The summed E-state index contributed by atoms with van der Waals surface area (Å²) < 4.78 is 5.22. The number of benzene rings is 1. The highest BCUT2D eigenvalue weighted by Crippen LogP contribution is 2.33. The molecule has 2 atom stereocenters. The minimum absolute atomic E-state index is 0.170. The van der Waals surface area contributed by atoms with Crippen molar-refractivity contribution in [3.05, 3.63) is 57.0 Å². The molecule has 2 aromatic rings. The van der Waals surface area contributed by atoms with Crippen LogP contribution in [0.2, 0.25) is 5.02 Å². The predicted molar refractivity (Wildman–Crippen MR) is 73.5 cm³/mol. The predicted octanol–water partition coefficient (Wildman–Crippen LogP) is 2.83. The molecule has 4 nitrogen and oxygen atoms in total. The molecule has 1 aliphatic heterocycles. The Morgan fingerprint density at radius 1 is 1.26 bits per heavy atom. The Bertz CT molecular complexity index is 602. The molecule has 1 aromatic heterocycles. The van der Waals surface area contributed by atoms with Crippen molar-refractivity contribution in [2.24, 2.45) is 0 Å². The average Bonchev–Trinajstić information content (AvgIpc) is 2.86. The molecule has 2 unspecified atom stereocenters. The van der Waals surface area contributed by atoms with E-state index < -0.39 is 0 Å². The van der Waals surface area contributed by atoms with Crippen LogP contribution in [0.1, 0.15) is 36.1 Å². The summed E-state index contributed by atoms with van der Waals surface area (Å²) in [5.74, 6) is 1.03. The van der Waals surface area contributed by atoms with Crippen LogP contribution >= 0.6 is 11.6 Å². The van der Waals surface area contributed by atoms with Crippen LogP contribution in [0.4, 0.5) is 0 Å². The smallest absolute Gasteiger partial charge is 0.280 e. The van der Waals surface area contributed by atoms with Gasteiger partial charge >= 0.3 is 0 Å². The van der Waals surface area contributed by atoms with E-state index in [1.807, 2.05) is 24.3 Å². The maximum absolute atomic E-state index is 11.1. The third kappa shape index (κ3) is 2.74. The lowest BCUT2D eigenvalue weighted by molar-refractivity contribution is 0.295. The van der Waals surface area contributed by atoms with E-state index in [4.69, 9.17) is 16.1 Å². The summed E-state index contributed by atoms with van der Waals surface area (Å²) in [6, 6.07) is 9.70. The lowest BCUT2D eigenvalue weighted by atomic mass is 9.87. The number of nitrogens with one attached hydrogen (secondary N) is 2. The van der Waals surface area contributed by atoms with Crippen LogP contribution < -0.4 is 10.9 Å². The molecule has 1 aliphatic rings. The fourth-order valence-electron chi connectivity index (χ4n) is 2.62. The maximum Gasteiger partial charge on any atom is 0.280 e. The minimum Gasteiger partial charge on any atom is -0.383 e. The number of hydrogen-bond donors (Lipinski definition) is 2. The van der Waals surface area contributed by atoms with Crippen LogP contribution in [0.15, 0.2) is 39.6 Å². The highest BCUT2D eigenvalue weighted by molar-refractivity contribution is 6.30. The van der Waals surface area contributed by atoms with Gasteiger partial charge in [-0.25, -0.2) is 0 Å². The van der Waals surface area contributed by atoms with Crippen LogP contribution in [-0.2, 0) is 0 Å². The van der Waals surface area contributed by atoms with Gasteiger partial charge in [0.25, 0.3) is 5.56 Å². The number of H-pyrrole nitrogens is 1. The van der Waals surface area contributed by atoms with E-state index in [-0.39, 0.29) is 17.5 Å². The van der Waals surface area contributed by atoms with E-state index in [1.54, 1.807) is 6.07 Å². The standard InChI is InChI=1S/C14H15ClN2O2/c15-11-3-1-9(2-4-11)12-7-10(5-6-16-12)13-8-14(18)17-19-13/h1-4,8,10,12,16H,5-7H2,(H,17,18). The lowest BCUT2D eigenvalue weighted by Crippen LogP contribution is -2.30. The van der Waals surface area contributed by atoms with Gasteiger partial charge in [0.1, 0.15) is 5.76 Å². The van der Waals surface area contributed by atoms with Gasteiger partial charge in [0, 0.05) is 23.0 Å². The Hall–Kier alpha value is -1.52. The molecule has 1 fully saturated rings. The van der Waals surface area contributed by atoms with Gasteiger partial charge in [0.2, 0.25) is 0 Å². The first-order chi connectivity index (χ1) is 9.22. The molecule has 1 saturated heterocycles. The molecule has 0 bridgehead atoms. The lowest BCUT2D eigenvalue weighted by Gasteiger charge is -2.29. The van der Waals surface area contributed by atoms with Crippen LogP contribution in [0.25, 0.3) is 0 Å². The zero-order valence-electron chi connectivity index (χ0n) is 10.4. The van der Waals surface area contributed by atoms with Gasteiger partial charge in [0.05, 0.1) is 0 Å². The molecule has 0 saturated carbocycles. The summed E-state index contributed by atoms with van der Waals surface area (Å²) in [5, 5.41) is 6.59. The van der Waals surface area contributed by atoms with Crippen LogP contribution in [0.5, 0.6) is 0 Å². The van der Waals surface area contributed by atoms with E-state index in [2.05, 4.69) is 10.5 Å². The van der Waals surface area contributed by atoms with Crippen molar-refractivity contribution in [3.63, 3.8) is 0 Å². The van der Waals surface area contributed by atoms with Crippen LogP contribution in [0, 0.1) is 0 Å². The Labute approximate surface area is 115 Å². The molecular formula is C14H15ClN2O2. The molecule has 2 N–H and O–H groups in total. The van der Waals surface area contributed by atoms with Gasteiger partial charge in [-0.1, -0.05) is 23.7 Å². The zero-order chi connectivity index (χ0) is 13.2. The van der Waals surface area contributed by atoms with E-state index in [0.717, 1.165) is 30.2 Å². The molecule has 0 amide bonds. The maximum atomic E-state index is 11.1. The first kappa shape index (κ1) is 12.5. The second kappa shape index (κ2) is 5.23. The normalized spacial score (nSPS) is 23.4. The van der Waals surface area contributed by atoms with Crippen molar-refractivity contribution in [2.45, 2.75) is 24.8 Å². The number of halogens is 1. The van der Waals surface area contributed by atoms with Gasteiger partial charge in [-0.15, -0.1) is 0 Å². The molecule has 1 aromatic carbocycles. The minimum atomic E-state index is -0.170. The summed E-state index contributed by atoms with van der Waals surface area (Å²) >= 11 is 5.90. The van der Waals surface area contributed by atoms with Gasteiger partial charge in [-0.05, 0) is 37.1 Å². The summed E-state index contributed by atoms with van der Waals surface area (Å²) in [4.78, 5) is 11.1. The highest BCUT2D eigenvalue weighted by atomic mass is 35.5. The molecular weight excluding hydrogens is 264 g/mol. The first-order valence-corrected chi connectivity index (χ1v) is 6.77. The Balaban J connectivity index is 1.78. The molecule has 3 rings (SSSR count). The van der Waals surface area contributed by atoms with E-state index in [9.17, 15) is 4.79 Å². The number of rotatable bonds is 2. The second-order valence-corrected chi connectivity index (χ2v) is 5.33. The quantitative estimate of drug-likeness (QED) is 0.888. The average molecular weight is 279 g/mol. The van der Waals surface area contributed by atoms with Gasteiger partial charge in [-0.2, -0.15) is 5.16 Å². The van der Waals surface area contributed by atoms with Crippen molar-refractivity contribution < 1.29 is 4.52 Å². The Kier molecular flexibility index (Phi) is 3.44. The number of piperidine rings is 1. The van der Waals surface area contributed by atoms with E-state index in [0.29, 0.717) is 0 Å². The fourth-order valence-corrected chi connectivity index (χ4v) is 2.75. The Morgan fingerprint density at radius 3 is 2.74 bits per heavy atom. The summed E-state index contributed by atoms with van der Waals surface area (Å²) in [5.41, 5.74) is 1.04. The number of aromatic nitrogens is 1. The molecule has 19 heavy (non-hydrogen) atoms. The summed E-state index contributed by atoms with van der Waals surface area (Å²) in [6.45, 7) is 0.910. The molecule has 0 aliphatic carbocycles. The highest BCUT2D eigenvalue weighted by Gasteiger charge is 2.26. The SMILES string of the molecule is O=c1cc(C2CCNC(c3ccc(Cl)cc3)C2)o[nH]1. The molecule has 0 radical (unpaired) electrons. The third-order valence-corrected chi connectivity index (χ3v) is 3.87. The number of hydrogen-bond acceptors (Lipinski definition) is 3. The van der Waals surface area contributed by atoms with E-state index >= 15 is 0 Å². The zero-order valence-corrected chi connectivity index (χ0v) is 11.1. The molecule has 2 heterocycles. The van der Waals surface area contributed by atoms with Gasteiger partial charge in [-0.3, -0.25) is 4.79 Å². The van der Waals surface area contributed by atoms with Gasteiger partial charge in [0.15, 0.2) is 0 Å². The first-order valence-electron chi connectivity index (χ1n) is 6.39. The molecule has 100 valence electrons. The molecule has 0 spiro atoms. The van der Waals surface area contributed by atoms with Crippen molar-refractivity contribution in [1.82, 2.24) is 10.5 Å². The van der Waals surface area contributed by atoms with Crippen molar-refractivity contribution in [1.29, 1.82) is 0 Å². The molecule has 5 heteroatoms. The van der Waals surface area contributed by atoms with E-state index in [1.165, 1.54) is 5.56 Å². The second-order valence-electron chi connectivity index (χ2n) is 4.89. The van der Waals surface area contributed by atoms with Crippen LogP contribution in [0.3, 0.4) is 0 Å². The van der Waals surface area contributed by atoms with Crippen molar-refractivity contribution in [3.8, 4) is 0 Å². The number of aromatic amines is 1. The monoisotopic (exact) mass is 278 g/mol. The fraction of sp³-hybridized carbons (Fsp3) is 0.357. The topological polar surface area (TPSA) is 58.0 Å². The largest absolute Gasteiger partial charge is 0.383 e. The van der Waals surface area contributed by atoms with Crippen molar-refractivity contribution in [2.75, 3.05) is 6.54 Å². The van der Waals surface area contributed by atoms with Crippen molar-refractivity contribution >= 4 is 11.6 Å². The van der Waals surface area contributed by atoms with Gasteiger partial charge < -0.3 is 9.84 Å². The Morgan fingerprint density at radius 2 is 2.05 bits per heavy atom.